The Morgan fingerprint density at radius 2 is 2.00 bits per heavy atom. The van der Waals surface area contributed by atoms with Crippen LogP contribution in [0.1, 0.15) is 6.92 Å². The summed E-state index contributed by atoms with van der Waals surface area (Å²) >= 11 is 0. The number of amides is 1. The molecule has 0 aliphatic carbocycles. The lowest BCUT2D eigenvalue weighted by atomic mass is 10.3. The van der Waals surface area contributed by atoms with E-state index in [0.717, 1.165) is 0 Å². The van der Waals surface area contributed by atoms with E-state index in [0.29, 0.717) is 10.6 Å². The first-order chi connectivity index (χ1) is 6.98. The van der Waals surface area contributed by atoms with Gasteiger partial charge in [-0.25, -0.2) is 9.00 Å². The van der Waals surface area contributed by atoms with Gasteiger partial charge in [0.15, 0.2) is 0 Å². The van der Waals surface area contributed by atoms with Crippen molar-refractivity contribution in [3.05, 3.63) is 24.3 Å². The van der Waals surface area contributed by atoms with Gasteiger partial charge in [0.1, 0.15) is 0 Å². The Bertz CT molecular complexity index is 473. The Kier molecular flexibility index (Phi) is 3.31. The number of carbonyl (C=O) groups is 1. The summed E-state index contributed by atoms with van der Waals surface area (Å²) < 4.78 is 15.3. The number of nitrogens with zero attached hydrogens (tertiary/aromatic N) is 1. The molecule has 6 heteroatoms. The molecule has 0 aliphatic heterocycles. The molecule has 1 aromatic rings. The first kappa shape index (κ1) is 11.5. The number of nitrogen functional groups attached to an aromatic ring is 1. The highest BCUT2D eigenvalue weighted by Gasteiger charge is 2.11. The van der Waals surface area contributed by atoms with Crippen molar-refractivity contribution in [2.24, 2.45) is 4.36 Å². The van der Waals surface area contributed by atoms with Gasteiger partial charge in [0.05, 0.1) is 9.73 Å². The molecule has 0 aromatic heterocycles. The first-order valence-corrected chi connectivity index (χ1v) is 5.99. The quantitative estimate of drug-likeness (QED) is 0.755. The van der Waals surface area contributed by atoms with E-state index in [2.05, 4.69) is 4.36 Å². The summed E-state index contributed by atoms with van der Waals surface area (Å²) in [5, 5.41) is 8.53. The van der Waals surface area contributed by atoms with E-state index in [1.165, 1.54) is 12.1 Å². The van der Waals surface area contributed by atoms with Gasteiger partial charge in [-0.1, -0.05) is 6.92 Å². The Hall–Kier alpha value is -1.56. The molecular formula is C9H12N2O3S. The van der Waals surface area contributed by atoms with Crippen LogP contribution >= 0.6 is 0 Å². The summed E-state index contributed by atoms with van der Waals surface area (Å²) in [6, 6.07) is 6.21. The van der Waals surface area contributed by atoms with Crippen molar-refractivity contribution < 1.29 is 14.1 Å². The highest BCUT2D eigenvalue weighted by Crippen LogP contribution is 2.15. The number of benzene rings is 1. The van der Waals surface area contributed by atoms with Gasteiger partial charge in [-0.3, -0.25) is 0 Å². The zero-order valence-electron chi connectivity index (χ0n) is 8.21. The van der Waals surface area contributed by atoms with Gasteiger partial charge in [-0.15, -0.1) is 4.36 Å². The SMILES string of the molecule is CCS(=O)(=NC(=O)O)c1ccc(N)cc1. The van der Waals surface area contributed by atoms with Crippen molar-refractivity contribution in [3.63, 3.8) is 0 Å². The molecule has 3 N–H and O–H groups in total. The van der Waals surface area contributed by atoms with Crippen LogP contribution in [-0.4, -0.2) is 21.2 Å². The van der Waals surface area contributed by atoms with Gasteiger partial charge < -0.3 is 10.8 Å². The zero-order chi connectivity index (χ0) is 11.5. The summed E-state index contributed by atoms with van der Waals surface area (Å²) in [5.41, 5.74) is 6.01. The van der Waals surface area contributed by atoms with Crippen LogP contribution in [-0.2, 0) is 9.73 Å². The Labute approximate surface area is 88.1 Å². The molecule has 15 heavy (non-hydrogen) atoms. The summed E-state index contributed by atoms with van der Waals surface area (Å²) in [6.45, 7) is 1.63. The van der Waals surface area contributed by atoms with Gasteiger partial charge in [0, 0.05) is 16.3 Å². The second kappa shape index (κ2) is 4.31. The van der Waals surface area contributed by atoms with Crippen molar-refractivity contribution in [3.8, 4) is 0 Å². The maximum Gasteiger partial charge on any atom is 0.439 e. The normalized spacial score (nSPS) is 14.2. The number of rotatable bonds is 2. The smallest absolute Gasteiger partial charge is 0.439 e. The van der Waals surface area contributed by atoms with E-state index >= 15 is 0 Å². The highest BCUT2D eigenvalue weighted by molar-refractivity contribution is 7.93. The van der Waals surface area contributed by atoms with Gasteiger partial charge in [-0.05, 0) is 24.3 Å². The fourth-order valence-corrected chi connectivity index (χ4v) is 2.47. The largest absolute Gasteiger partial charge is 0.463 e. The lowest BCUT2D eigenvalue weighted by Crippen LogP contribution is -2.06. The third kappa shape index (κ3) is 2.69. The van der Waals surface area contributed by atoms with Crippen LogP contribution < -0.4 is 5.73 Å². The minimum absolute atomic E-state index is 0.156. The summed E-state index contributed by atoms with van der Waals surface area (Å²) in [7, 11) is -2.85. The fourth-order valence-electron chi connectivity index (χ4n) is 1.09. The summed E-state index contributed by atoms with van der Waals surface area (Å²) in [5.74, 6) is 0.156. The molecule has 0 aliphatic rings. The summed E-state index contributed by atoms with van der Waals surface area (Å²) in [6.07, 6.45) is -1.42. The fraction of sp³-hybridized carbons (Fsp3) is 0.222. The lowest BCUT2D eigenvalue weighted by molar-refractivity contribution is 0.206. The van der Waals surface area contributed by atoms with Crippen LogP contribution in [0.3, 0.4) is 0 Å². The molecule has 0 spiro atoms. The third-order valence-electron chi connectivity index (χ3n) is 1.87. The molecule has 0 radical (unpaired) electrons. The predicted molar refractivity (Wildman–Crippen MR) is 58.3 cm³/mol. The molecule has 1 rings (SSSR count). The number of carboxylic acid groups (broad SMARTS) is 1. The molecule has 1 amide bonds. The topological polar surface area (TPSA) is 92.8 Å². The number of hydrogen-bond acceptors (Lipinski definition) is 3. The number of hydrogen-bond donors (Lipinski definition) is 2. The van der Waals surface area contributed by atoms with Crippen LogP contribution in [0.25, 0.3) is 0 Å². The van der Waals surface area contributed by atoms with E-state index in [1.807, 2.05) is 0 Å². The monoisotopic (exact) mass is 228 g/mol. The third-order valence-corrected chi connectivity index (χ3v) is 4.11. The average molecular weight is 228 g/mol. The molecule has 1 aromatic carbocycles. The number of nitrogens with two attached hydrogens (primary N) is 1. The maximum atomic E-state index is 12.1. The molecule has 0 saturated heterocycles. The standard InChI is InChI=1S/C9H12N2O3S/c1-2-15(14,11-9(12)13)8-5-3-7(10)4-6-8/h3-6H,2,10H2,1H3,(H,12,13). The average Bonchev–Trinajstić information content (AvgIpc) is 2.17. The van der Waals surface area contributed by atoms with Crippen molar-refractivity contribution in [1.29, 1.82) is 0 Å². The van der Waals surface area contributed by atoms with E-state index in [4.69, 9.17) is 10.8 Å². The highest BCUT2D eigenvalue weighted by atomic mass is 32.2. The predicted octanol–water partition coefficient (Wildman–Crippen LogP) is 1.79. The van der Waals surface area contributed by atoms with Crippen molar-refractivity contribution in [2.75, 3.05) is 11.5 Å². The molecule has 1 unspecified atom stereocenters. The van der Waals surface area contributed by atoms with Gasteiger partial charge >= 0.3 is 6.09 Å². The van der Waals surface area contributed by atoms with Crippen molar-refractivity contribution in [2.45, 2.75) is 11.8 Å². The Morgan fingerprint density at radius 3 is 2.40 bits per heavy atom. The molecule has 1 atom stereocenters. The van der Waals surface area contributed by atoms with Crippen LogP contribution in [0.15, 0.2) is 33.5 Å². The minimum Gasteiger partial charge on any atom is -0.463 e. The van der Waals surface area contributed by atoms with E-state index in [-0.39, 0.29) is 5.75 Å². The maximum absolute atomic E-state index is 12.1. The lowest BCUT2D eigenvalue weighted by Gasteiger charge is -2.06. The van der Waals surface area contributed by atoms with Crippen LogP contribution in [0.5, 0.6) is 0 Å². The van der Waals surface area contributed by atoms with Gasteiger partial charge in [-0.2, -0.15) is 0 Å². The molecule has 82 valence electrons. The van der Waals surface area contributed by atoms with E-state index in [9.17, 15) is 9.00 Å². The molecule has 0 saturated carbocycles. The minimum atomic E-state index is -2.85. The Balaban J connectivity index is 3.30. The summed E-state index contributed by atoms with van der Waals surface area (Å²) in [4.78, 5) is 10.8. The van der Waals surface area contributed by atoms with Crippen LogP contribution in [0.2, 0.25) is 0 Å². The van der Waals surface area contributed by atoms with Crippen molar-refractivity contribution in [1.82, 2.24) is 0 Å². The van der Waals surface area contributed by atoms with Crippen molar-refractivity contribution >= 4 is 21.5 Å². The van der Waals surface area contributed by atoms with E-state index in [1.54, 1.807) is 19.1 Å². The zero-order valence-corrected chi connectivity index (χ0v) is 9.03. The molecule has 0 fully saturated rings. The molecular weight excluding hydrogens is 216 g/mol. The van der Waals surface area contributed by atoms with Crippen LogP contribution in [0, 0.1) is 0 Å². The number of anilines is 1. The second-order valence-corrected chi connectivity index (χ2v) is 5.38. The first-order valence-electron chi connectivity index (χ1n) is 4.31. The van der Waals surface area contributed by atoms with Crippen LogP contribution in [0.4, 0.5) is 10.5 Å². The van der Waals surface area contributed by atoms with Gasteiger partial charge in [0.2, 0.25) is 0 Å². The molecule has 0 bridgehead atoms. The van der Waals surface area contributed by atoms with E-state index < -0.39 is 15.8 Å². The second-order valence-electron chi connectivity index (χ2n) is 2.87. The van der Waals surface area contributed by atoms with Gasteiger partial charge in [0.25, 0.3) is 0 Å². The molecule has 5 nitrogen and oxygen atoms in total. The Morgan fingerprint density at radius 1 is 1.47 bits per heavy atom. The molecule has 0 heterocycles.